The van der Waals surface area contributed by atoms with Gasteiger partial charge in [0.1, 0.15) is 11.6 Å². The molecular formula is C23H30FN6O+. The van der Waals surface area contributed by atoms with E-state index in [1.807, 2.05) is 28.9 Å². The summed E-state index contributed by atoms with van der Waals surface area (Å²) in [7, 11) is 1.68. The number of benzene rings is 2. The molecule has 2 heterocycles. The molecule has 7 nitrogen and oxygen atoms in total. The number of tetrazole rings is 1. The number of piperazine rings is 1. The van der Waals surface area contributed by atoms with E-state index in [1.54, 1.807) is 7.11 Å². The van der Waals surface area contributed by atoms with Gasteiger partial charge in [-0.15, -0.1) is 5.10 Å². The van der Waals surface area contributed by atoms with E-state index in [-0.39, 0.29) is 17.4 Å². The number of nitrogens with zero attached hydrogens (tertiary/aromatic N) is 5. The van der Waals surface area contributed by atoms with Crippen molar-refractivity contribution in [2.45, 2.75) is 32.4 Å². The number of quaternary nitrogens is 1. The lowest BCUT2D eigenvalue weighted by Crippen LogP contribution is -3.15. The van der Waals surface area contributed by atoms with Crippen LogP contribution in [0.3, 0.4) is 0 Å². The lowest BCUT2D eigenvalue weighted by molar-refractivity contribution is -0.927. The first-order valence-corrected chi connectivity index (χ1v) is 10.6. The van der Waals surface area contributed by atoms with Crippen LogP contribution >= 0.6 is 0 Å². The maximum Gasteiger partial charge on any atom is 0.214 e. The summed E-state index contributed by atoms with van der Waals surface area (Å²) in [4.78, 5) is 3.76. The number of nitrogens with one attached hydrogen (secondary N) is 1. The number of methoxy groups -OCH3 is 1. The molecule has 3 aromatic rings. The molecule has 1 fully saturated rings. The van der Waals surface area contributed by atoms with Crippen molar-refractivity contribution in [3.63, 3.8) is 0 Å². The van der Waals surface area contributed by atoms with E-state index >= 15 is 0 Å². The van der Waals surface area contributed by atoms with Crippen molar-refractivity contribution in [2.24, 2.45) is 0 Å². The molecule has 0 amide bonds. The fourth-order valence-electron chi connectivity index (χ4n) is 4.21. The molecule has 164 valence electrons. The van der Waals surface area contributed by atoms with Gasteiger partial charge in [0.05, 0.1) is 38.8 Å². The molecular weight excluding hydrogens is 395 g/mol. The predicted molar refractivity (Wildman–Crippen MR) is 117 cm³/mol. The van der Waals surface area contributed by atoms with E-state index in [4.69, 9.17) is 4.74 Å². The van der Waals surface area contributed by atoms with Gasteiger partial charge >= 0.3 is 0 Å². The summed E-state index contributed by atoms with van der Waals surface area (Å²) < 4.78 is 20.8. The number of hydrogen-bond donors (Lipinski definition) is 1. The Labute approximate surface area is 182 Å². The minimum atomic E-state index is -0.249. The first-order chi connectivity index (χ1) is 14.9. The van der Waals surface area contributed by atoms with Crippen LogP contribution in [0.25, 0.3) is 0 Å². The van der Waals surface area contributed by atoms with E-state index in [9.17, 15) is 4.39 Å². The van der Waals surface area contributed by atoms with Crippen molar-refractivity contribution in [3.05, 3.63) is 65.7 Å². The van der Waals surface area contributed by atoms with Crippen LogP contribution in [-0.2, 0) is 5.54 Å². The molecule has 0 spiro atoms. The molecule has 0 bridgehead atoms. The Hall–Kier alpha value is -3.00. The molecule has 1 N–H and O–H groups in total. The Morgan fingerprint density at radius 1 is 1.00 bits per heavy atom. The summed E-state index contributed by atoms with van der Waals surface area (Å²) in [5.41, 5.74) is 1.97. The van der Waals surface area contributed by atoms with Gasteiger partial charge in [0, 0.05) is 11.3 Å². The Morgan fingerprint density at radius 2 is 1.65 bits per heavy atom. The third-order valence-corrected chi connectivity index (χ3v) is 5.84. The first-order valence-electron chi connectivity index (χ1n) is 10.6. The van der Waals surface area contributed by atoms with Crippen molar-refractivity contribution >= 4 is 5.69 Å². The molecule has 0 saturated carbocycles. The van der Waals surface area contributed by atoms with Crippen LogP contribution in [0.2, 0.25) is 0 Å². The molecule has 1 saturated heterocycles. The van der Waals surface area contributed by atoms with Crippen LogP contribution in [0.15, 0.2) is 48.5 Å². The highest BCUT2D eigenvalue weighted by Gasteiger charge is 2.36. The highest BCUT2D eigenvalue weighted by Crippen LogP contribution is 2.24. The quantitative estimate of drug-likeness (QED) is 0.678. The maximum absolute atomic E-state index is 13.6. The van der Waals surface area contributed by atoms with Crippen molar-refractivity contribution in [1.29, 1.82) is 0 Å². The van der Waals surface area contributed by atoms with Gasteiger partial charge in [-0.2, -0.15) is 0 Å². The lowest BCUT2D eigenvalue weighted by Gasteiger charge is -2.37. The van der Waals surface area contributed by atoms with Gasteiger partial charge in [0.25, 0.3) is 0 Å². The van der Waals surface area contributed by atoms with Gasteiger partial charge in [-0.3, -0.25) is 0 Å². The maximum atomic E-state index is 13.6. The van der Waals surface area contributed by atoms with E-state index < -0.39 is 0 Å². The summed E-state index contributed by atoms with van der Waals surface area (Å²) in [6.45, 7) is 9.94. The van der Waals surface area contributed by atoms with Gasteiger partial charge in [0.2, 0.25) is 5.82 Å². The molecule has 1 atom stereocenters. The van der Waals surface area contributed by atoms with Crippen molar-refractivity contribution in [3.8, 4) is 5.75 Å². The monoisotopic (exact) mass is 425 g/mol. The zero-order valence-electron chi connectivity index (χ0n) is 18.5. The molecule has 1 aliphatic heterocycles. The highest BCUT2D eigenvalue weighted by molar-refractivity contribution is 5.49. The Bertz CT molecular complexity index is 988. The fourth-order valence-corrected chi connectivity index (χ4v) is 4.21. The van der Waals surface area contributed by atoms with E-state index in [1.165, 1.54) is 22.7 Å². The average molecular weight is 426 g/mol. The second-order valence-corrected chi connectivity index (χ2v) is 8.95. The highest BCUT2D eigenvalue weighted by atomic mass is 19.1. The Kier molecular flexibility index (Phi) is 5.91. The fraction of sp³-hybridized carbons (Fsp3) is 0.435. The summed E-state index contributed by atoms with van der Waals surface area (Å²) in [6, 6.07) is 14.9. The van der Waals surface area contributed by atoms with Crippen LogP contribution < -0.4 is 14.5 Å². The number of ether oxygens (including phenoxy) is 1. The standard InChI is InChI=1S/C23H29FN6O/c1-23(2,3)30-22(25-26-27-30)21(17-5-7-18(24)8-6-17)29-15-13-28(14-16-29)19-9-11-20(31-4)12-10-19/h5-12,21H,13-16H2,1-4H3/p+1/t21-/m0/s1. The van der Waals surface area contributed by atoms with Gasteiger partial charge in [-0.25, -0.2) is 9.07 Å². The van der Waals surface area contributed by atoms with Gasteiger partial charge in [-0.05, 0) is 79.7 Å². The molecule has 2 aromatic carbocycles. The summed E-state index contributed by atoms with van der Waals surface area (Å²) >= 11 is 0. The number of rotatable bonds is 5. The van der Waals surface area contributed by atoms with Crippen LogP contribution in [0.5, 0.6) is 5.75 Å². The molecule has 1 aromatic heterocycles. The minimum Gasteiger partial charge on any atom is -0.497 e. The number of hydrogen-bond acceptors (Lipinski definition) is 5. The Balaban J connectivity index is 1.60. The van der Waals surface area contributed by atoms with Gasteiger partial charge in [-0.1, -0.05) is 0 Å². The third kappa shape index (κ3) is 4.54. The topological polar surface area (TPSA) is 60.5 Å². The molecule has 1 aliphatic rings. The van der Waals surface area contributed by atoms with Gasteiger partial charge in [0.15, 0.2) is 6.04 Å². The lowest BCUT2D eigenvalue weighted by atomic mass is 10.0. The average Bonchev–Trinajstić information content (AvgIpc) is 3.26. The van der Waals surface area contributed by atoms with E-state index in [2.05, 4.69) is 53.3 Å². The predicted octanol–water partition coefficient (Wildman–Crippen LogP) is 2.07. The number of halogens is 1. The van der Waals surface area contributed by atoms with Gasteiger partial charge < -0.3 is 14.5 Å². The first kappa shape index (κ1) is 21.2. The van der Waals surface area contributed by atoms with Crippen molar-refractivity contribution in [1.82, 2.24) is 20.2 Å². The molecule has 0 aliphatic carbocycles. The largest absolute Gasteiger partial charge is 0.497 e. The zero-order chi connectivity index (χ0) is 22.0. The zero-order valence-corrected chi connectivity index (χ0v) is 18.5. The van der Waals surface area contributed by atoms with E-state index in [0.29, 0.717) is 0 Å². The number of anilines is 1. The summed E-state index contributed by atoms with van der Waals surface area (Å²) in [5.74, 6) is 1.43. The summed E-state index contributed by atoms with van der Waals surface area (Å²) in [6.07, 6.45) is 0. The van der Waals surface area contributed by atoms with Crippen LogP contribution in [0.4, 0.5) is 10.1 Å². The molecule has 8 heteroatoms. The third-order valence-electron chi connectivity index (χ3n) is 5.84. The normalized spacial score (nSPS) is 16.4. The molecule has 4 rings (SSSR count). The second kappa shape index (κ2) is 8.63. The van der Waals surface area contributed by atoms with Crippen molar-refractivity contribution < 1.29 is 14.0 Å². The minimum absolute atomic E-state index is 0.0622. The van der Waals surface area contributed by atoms with Crippen molar-refractivity contribution in [2.75, 3.05) is 38.2 Å². The smallest absolute Gasteiger partial charge is 0.214 e. The molecule has 0 radical (unpaired) electrons. The molecule has 0 unspecified atom stereocenters. The molecule has 31 heavy (non-hydrogen) atoms. The van der Waals surface area contributed by atoms with E-state index in [0.717, 1.165) is 43.3 Å². The van der Waals surface area contributed by atoms with Crippen LogP contribution in [0, 0.1) is 5.82 Å². The Morgan fingerprint density at radius 3 is 2.23 bits per heavy atom. The second-order valence-electron chi connectivity index (χ2n) is 8.95. The number of aromatic nitrogens is 4. The SMILES string of the molecule is COc1ccc(N2CC[NH+]([C@@H](c3ccc(F)cc3)c3nnnn3C(C)(C)C)CC2)cc1. The van der Waals surface area contributed by atoms with Crippen LogP contribution in [-0.4, -0.2) is 53.5 Å². The summed E-state index contributed by atoms with van der Waals surface area (Å²) in [5, 5.41) is 12.7. The van der Waals surface area contributed by atoms with Crippen LogP contribution in [0.1, 0.15) is 38.2 Å².